The van der Waals surface area contributed by atoms with Crippen LogP contribution < -0.4 is 25.4 Å². The van der Waals surface area contributed by atoms with Crippen LogP contribution in [0.15, 0.2) is 53.5 Å². The van der Waals surface area contributed by atoms with Crippen LogP contribution >= 0.6 is 0 Å². The highest BCUT2D eigenvalue weighted by molar-refractivity contribution is 5.90. The standard InChI is InChI=1S/C21H28N4O3/c1-4-22-21(23-12-13-28-18-8-6-5-7-9-18)24-15-17-10-11-20(27-3)19(14-17)25-16(2)26/h5-11,14H,4,12-13,15H2,1-3H3,(H,25,26)(H2,22,23,24). The molecule has 0 saturated carbocycles. The van der Waals surface area contributed by atoms with Crippen molar-refractivity contribution in [1.82, 2.24) is 10.6 Å². The average molecular weight is 384 g/mol. The molecule has 28 heavy (non-hydrogen) atoms. The number of guanidine groups is 1. The zero-order valence-corrected chi connectivity index (χ0v) is 16.6. The van der Waals surface area contributed by atoms with Gasteiger partial charge >= 0.3 is 0 Å². The van der Waals surface area contributed by atoms with Crippen LogP contribution in [-0.4, -0.2) is 38.7 Å². The van der Waals surface area contributed by atoms with Crippen molar-refractivity contribution in [2.24, 2.45) is 4.99 Å². The van der Waals surface area contributed by atoms with Gasteiger partial charge in [-0.3, -0.25) is 4.79 Å². The van der Waals surface area contributed by atoms with Crippen molar-refractivity contribution < 1.29 is 14.3 Å². The molecule has 0 aliphatic carbocycles. The zero-order valence-electron chi connectivity index (χ0n) is 16.6. The maximum Gasteiger partial charge on any atom is 0.221 e. The largest absolute Gasteiger partial charge is 0.495 e. The molecule has 0 aliphatic rings. The van der Waals surface area contributed by atoms with Crippen LogP contribution in [0.2, 0.25) is 0 Å². The quantitative estimate of drug-likeness (QED) is 0.352. The first-order chi connectivity index (χ1) is 13.6. The molecular formula is C21H28N4O3. The number of methoxy groups -OCH3 is 1. The van der Waals surface area contributed by atoms with Crippen molar-refractivity contribution in [3.8, 4) is 11.5 Å². The van der Waals surface area contributed by atoms with Gasteiger partial charge in [0, 0.05) is 13.5 Å². The summed E-state index contributed by atoms with van der Waals surface area (Å²) in [5.41, 5.74) is 1.60. The molecule has 0 heterocycles. The van der Waals surface area contributed by atoms with Gasteiger partial charge in [0.05, 0.1) is 25.9 Å². The van der Waals surface area contributed by atoms with E-state index < -0.39 is 0 Å². The summed E-state index contributed by atoms with van der Waals surface area (Å²) in [6, 6.07) is 15.3. The molecule has 2 aromatic carbocycles. The topological polar surface area (TPSA) is 84.0 Å². The molecule has 0 unspecified atom stereocenters. The fraction of sp³-hybridized carbons (Fsp3) is 0.333. The number of hydrogen-bond acceptors (Lipinski definition) is 4. The lowest BCUT2D eigenvalue weighted by Crippen LogP contribution is -2.39. The van der Waals surface area contributed by atoms with Crippen molar-refractivity contribution in [3.05, 3.63) is 54.1 Å². The van der Waals surface area contributed by atoms with E-state index in [1.165, 1.54) is 6.92 Å². The molecule has 7 heteroatoms. The molecule has 0 aliphatic heterocycles. The molecule has 3 N–H and O–H groups in total. The summed E-state index contributed by atoms with van der Waals surface area (Å²) < 4.78 is 11.0. The molecule has 0 atom stereocenters. The molecule has 2 aromatic rings. The SMILES string of the molecule is CCNC(=NCc1ccc(OC)c(NC(C)=O)c1)NCCOc1ccccc1. The summed E-state index contributed by atoms with van der Waals surface area (Å²) in [7, 11) is 1.57. The Morgan fingerprint density at radius 3 is 2.57 bits per heavy atom. The minimum absolute atomic E-state index is 0.146. The molecule has 0 saturated heterocycles. The predicted molar refractivity (Wildman–Crippen MR) is 112 cm³/mol. The Morgan fingerprint density at radius 1 is 1.11 bits per heavy atom. The fourth-order valence-electron chi connectivity index (χ4n) is 2.51. The smallest absolute Gasteiger partial charge is 0.221 e. The fourth-order valence-corrected chi connectivity index (χ4v) is 2.51. The molecule has 0 spiro atoms. The maximum absolute atomic E-state index is 11.4. The number of benzene rings is 2. The first-order valence-electron chi connectivity index (χ1n) is 9.27. The number of ether oxygens (including phenoxy) is 2. The number of nitrogens with zero attached hydrogens (tertiary/aromatic N) is 1. The van der Waals surface area contributed by atoms with Gasteiger partial charge in [-0.05, 0) is 36.8 Å². The van der Waals surface area contributed by atoms with Gasteiger partial charge in [0.2, 0.25) is 5.91 Å². The van der Waals surface area contributed by atoms with Crippen molar-refractivity contribution in [3.63, 3.8) is 0 Å². The molecule has 0 aromatic heterocycles. The average Bonchev–Trinajstić information content (AvgIpc) is 2.69. The van der Waals surface area contributed by atoms with Crippen LogP contribution in [0.25, 0.3) is 0 Å². The van der Waals surface area contributed by atoms with Gasteiger partial charge in [0.15, 0.2) is 5.96 Å². The van der Waals surface area contributed by atoms with E-state index in [0.29, 0.717) is 37.1 Å². The second-order valence-corrected chi connectivity index (χ2v) is 6.00. The van der Waals surface area contributed by atoms with E-state index in [1.807, 2.05) is 55.5 Å². The number of rotatable bonds is 9. The molecular weight excluding hydrogens is 356 g/mol. The first kappa shape index (κ1) is 21.1. The van der Waals surface area contributed by atoms with E-state index in [4.69, 9.17) is 9.47 Å². The van der Waals surface area contributed by atoms with E-state index in [2.05, 4.69) is 20.9 Å². The van der Waals surface area contributed by atoms with Crippen molar-refractivity contribution in [1.29, 1.82) is 0 Å². The molecule has 0 fully saturated rings. The summed E-state index contributed by atoms with van der Waals surface area (Å²) in [6.45, 7) is 5.86. The van der Waals surface area contributed by atoms with Crippen LogP contribution in [0.4, 0.5) is 5.69 Å². The first-order valence-corrected chi connectivity index (χ1v) is 9.27. The minimum atomic E-state index is -0.146. The Hall–Kier alpha value is -3.22. The van der Waals surface area contributed by atoms with E-state index >= 15 is 0 Å². The van der Waals surface area contributed by atoms with E-state index in [0.717, 1.165) is 17.9 Å². The van der Waals surface area contributed by atoms with Crippen LogP contribution in [-0.2, 0) is 11.3 Å². The Bertz CT molecular complexity index is 778. The lowest BCUT2D eigenvalue weighted by molar-refractivity contribution is -0.114. The van der Waals surface area contributed by atoms with Gasteiger partial charge in [0.25, 0.3) is 0 Å². The number of nitrogens with one attached hydrogen (secondary N) is 3. The Labute approximate surface area is 166 Å². The predicted octanol–water partition coefficient (Wildman–Crippen LogP) is 2.79. The lowest BCUT2D eigenvalue weighted by Gasteiger charge is -2.13. The normalized spacial score (nSPS) is 10.9. The monoisotopic (exact) mass is 384 g/mol. The van der Waals surface area contributed by atoms with Gasteiger partial charge in [0.1, 0.15) is 18.1 Å². The molecule has 150 valence electrons. The Balaban J connectivity index is 1.92. The third-order valence-corrected chi connectivity index (χ3v) is 3.74. The lowest BCUT2D eigenvalue weighted by atomic mass is 10.2. The number of aliphatic imine (C=N–C) groups is 1. The molecule has 0 radical (unpaired) electrons. The highest BCUT2D eigenvalue weighted by atomic mass is 16.5. The van der Waals surface area contributed by atoms with Crippen LogP contribution in [0.5, 0.6) is 11.5 Å². The van der Waals surface area contributed by atoms with Crippen LogP contribution in [0.1, 0.15) is 19.4 Å². The molecule has 0 bridgehead atoms. The maximum atomic E-state index is 11.4. The van der Waals surface area contributed by atoms with Crippen molar-refractivity contribution in [2.75, 3.05) is 32.1 Å². The summed E-state index contributed by atoms with van der Waals surface area (Å²) >= 11 is 0. The van der Waals surface area contributed by atoms with E-state index in [9.17, 15) is 4.79 Å². The van der Waals surface area contributed by atoms with Gasteiger partial charge in [-0.2, -0.15) is 0 Å². The van der Waals surface area contributed by atoms with Gasteiger partial charge in [-0.25, -0.2) is 4.99 Å². The summed E-state index contributed by atoms with van der Waals surface area (Å²) in [4.78, 5) is 16.0. The summed E-state index contributed by atoms with van der Waals surface area (Å²) in [6.07, 6.45) is 0. The van der Waals surface area contributed by atoms with Crippen molar-refractivity contribution >= 4 is 17.6 Å². The third kappa shape index (κ3) is 7.19. The second kappa shape index (κ2) is 11.5. The van der Waals surface area contributed by atoms with Gasteiger partial charge in [-0.15, -0.1) is 0 Å². The highest BCUT2D eigenvalue weighted by Gasteiger charge is 2.06. The van der Waals surface area contributed by atoms with E-state index in [-0.39, 0.29) is 5.91 Å². The number of carbonyl (C=O) groups excluding carboxylic acids is 1. The highest BCUT2D eigenvalue weighted by Crippen LogP contribution is 2.25. The number of carbonyl (C=O) groups is 1. The number of anilines is 1. The van der Waals surface area contributed by atoms with Gasteiger partial charge < -0.3 is 25.4 Å². The number of hydrogen-bond donors (Lipinski definition) is 3. The molecule has 7 nitrogen and oxygen atoms in total. The Morgan fingerprint density at radius 2 is 1.89 bits per heavy atom. The number of para-hydroxylation sites is 1. The van der Waals surface area contributed by atoms with Crippen LogP contribution in [0, 0.1) is 0 Å². The Kier molecular flexibility index (Phi) is 8.65. The molecule has 2 rings (SSSR count). The molecule has 1 amide bonds. The summed E-state index contributed by atoms with van der Waals surface area (Å²) in [5.74, 6) is 2.02. The summed E-state index contributed by atoms with van der Waals surface area (Å²) in [5, 5.41) is 9.23. The minimum Gasteiger partial charge on any atom is -0.495 e. The van der Waals surface area contributed by atoms with E-state index in [1.54, 1.807) is 7.11 Å². The third-order valence-electron chi connectivity index (χ3n) is 3.74. The van der Waals surface area contributed by atoms with Gasteiger partial charge in [-0.1, -0.05) is 24.3 Å². The van der Waals surface area contributed by atoms with Crippen molar-refractivity contribution in [2.45, 2.75) is 20.4 Å². The number of amides is 1. The second-order valence-electron chi connectivity index (χ2n) is 6.00. The van der Waals surface area contributed by atoms with Crippen LogP contribution in [0.3, 0.4) is 0 Å². The zero-order chi connectivity index (χ0) is 20.2.